The van der Waals surface area contributed by atoms with Crippen LogP contribution in [0.25, 0.3) is 0 Å². The normalized spacial score (nSPS) is 15.4. The second kappa shape index (κ2) is 5.51. The van der Waals surface area contributed by atoms with Crippen LogP contribution in [0.2, 0.25) is 0 Å². The van der Waals surface area contributed by atoms with E-state index in [0.717, 1.165) is 25.6 Å². The average Bonchev–Trinajstić information content (AvgIpc) is 2.92. The van der Waals surface area contributed by atoms with Crippen molar-refractivity contribution in [3.05, 3.63) is 38.5 Å². The van der Waals surface area contributed by atoms with Crippen LogP contribution >= 0.6 is 22.7 Å². The maximum Gasteiger partial charge on any atom is 0.0926 e. The van der Waals surface area contributed by atoms with Gasteiger partial charge >= 0.3 is 0 Å². The lowest BCUT2D eigenvalue weighted by molar-refractivity contribution is 0.245. The zero-order valence-corrected chi connectivity index (χ0v) is 12.3. The first-order chi connectivity index (χ1) is 8.85. The van der Waals surface area contributed by atoms with Crippen molar-refractivity contribution in [1.29, 1.82) is 0 Å². The number of thiophene rings is 1. The van der Waals surface area contributed by atoms with E-state index < -0.39 is 0 Å². The van der Waals surface area contributed by atoms with Gasteiger partial charge in [-0.1, -0.05) is 13.0 Å². The maximum atomic E-state index is 4.69. The molecule has 0 unspecified atom stereocenters. The predicted molar refractivity (Wildman–Crippen MR) is 78.1 cm³/mol. The van der Waals surface area contributed by atoms with Gasteiger partial charge in [-0.15, -0.1) is 22.7 Å². The first kappa shape index (κ1) is 12.3. The summed E-state index contributed by atoms with van der Waals surface area (Å²) in [6, 6.07) is 5.17. The Labute approximate surface area is 116 Å². The molecule has 0 aliphatic heterocycles. The number of aromatic nitrogens is 1. The molecular formula is C14H18N2S2. The fourth-order valence-corrected chi connectivity index (χ4v) is 3.61. The molecule has 0 spiro atoms. The van der Waals surface area contributed by atoms with E-state index in [1.165, 1.54) is 28.4 Å². The smallest absolute Gasteiger partial charge is 0.0926 e. The molecule has 2 aromatic heterocycles. The van der Waals surface area contributed by atoms with E-state index in [0.29, 0.717) is 0 Å². The predicted octanol–water partition coefficient (Wildman–Crippen LogP) is 3.93. The Bertz CT molecular complexity index is 486. The number of aryl methyl sites for hydroxylation is 1. The summed E-state index contributed by atoms with van der Waals surface area (Å²) in [6.45, 7) is 4.27. The Kier molecular flexibility index (Phi) is 3.77. The molecular weight excluding hydrogens is 260 g/mol. The molecule has 1 aliphatic carbocycles. The van der Waals surface area contributed by atoms with Crippen molar-refractivity contribution in [3.63, 3.8) is 0 Å². The number of thiazole rings is 1. The highest BCUT2D eigenvalue weighted by Gasteiger charge is 2.29. The van der Waals surface area contributed by atoms with Crippen LogP contribution in [-0.4, -0.2) is 15.9 Å². The zero-order chi connectivity index (χ0) is 12.4. The summed E-state index contributed by atoms with van der Waals surface area (Å²) >= 11 is 3.65. The van der Waals surface area contributed by atoms with Crippen molar-refractivity contribution in [2.24, 2.45) is 0 Å². The molecule has 96 valence electrons. The van der Waals surface area contributed by atoms with E-state index in [9.17, 15) is 0 Å². The van der Waals surface area contributed by atoms with Crippen molar-refractivity contribution in [2.75, 3.05) is 0 Å². The molecule has 4 heteroatoms. The molecule has 0 N–H and O–H groups in total. The second-order valence-electron chi connectivity index (χ2n) is 4.80. The molecule has 0 bridgehead atoms. The van der Waals surface area contributed by atoms with Crippen LogP contribution in [0, 0.1) is 0 Å². The number of hydrogen-bond acceptors (Lipinski definition) is 4. The van der Waals surface area contributed by atoms with Gasteiger partial charge in [-0.3, -0.25) is 4.90 Å². The Morgan fingerprint density at radius 2 is 2.22 bits per heavy atom. The van der Waals surface area contributed by atoms with Gasteiger partial charge in [-0.25, -0.2) is 4.98 Å². The third-order valence-electron chi connectivity index (χ3n) is 3.27. The third-order valence-corrected chi connectivity index (χ3v) is 5.17. The van der Waals surface area contributed by atoms with E-state index in [4.69, 9.17) is 0 Å². The zero-order valence-electron chi connectivity index (χ0n) is 10.6. The van der Waals surface area contributed by atoms with Crippen LogP contribution in [-0.2, 0) is 19.5 Å². The lowest BCUT2D eigenvalue weighted by Crippen LogP contribution is -2.24. The van der Waals surface area contributed by atoms with Crippen LogP contribution in [0.5, 0.6) is 0 Å². The van der Waals surface area contributed by atoms with E-state index >= 15 is 0 Å². The molecule has 18 heavy (non-hydrogen) atoms. The Morgan fingerprint density at radius 3 is 2.83 bits per heavy atom. The summed E-state index contributed by atoms with van der Waals surface area (Å²) in [5.74, 6) is 0. The largest absolute Gasteiger partial charge is 0.289 e. The number of hydrogen-bond donors (Lipinski definition) is 0. The van der Waals surface area contributed by atoms with Gasteiger partial charge in [-0.2, -0.15) is 0 Å². The van der Waals surface area contributed by atoms with Crippen LogP contribution < -0.4 is 0 Å². The topological polar surface area (TPSA) is 16.1 Å². The van der Waals surface area contributed by atoms with Crippen molar-refractivity contribution < 1.29 is 0 Å². The molecule has 0 saturated heterocycles. The molecule has 1 fully saturated rings. The molecule has 3 rings (SSSR count). The van der Waals surface area contributed by atoms with Gasteiger partial charge in [0.15, 0.2) is 0 Å². The van der Waals surface area contributed by atoms with E-state index in [-0.39, 0.29) is 0 Å². The highest BCUT2D eigenvalue weighted by atomic mass is 32.1. The molecule has 0 radical (unpaired) electrons. The summed E-state index contributed by atoms with van der Waals surface area (Å²) in [4.78, 5) is 8.74. The van der Waals surface area contributed by atoms with E-state index in [1.54, 1.807) is 11.3 Å². The first-order valence-corrected chi connectivity index (χ1v) is 8.31. The Balaban J connectivity index is 1.66. The van der Waals surface area contributed by atoms with Gasteiger partial charge < -0.3 is 0 Å². The van der Waals surface area contributed by atoms with Crippen LogP contribution in [0.3, 0.4) is 0 Å². The maximum absolute atomic E-state index is 4.69. The molecule has 0 atom stereocenters. The highest BCUT2D eigenvalue weighted by Crippen LogP contribution is 2.30. The fourth-order valence-electron chi connectivity index (χ4n) is 2.15. The third kappa shape index (κ3) is 2.99. The summed E-state index contributed by atoms with van der Waals surface area (Å²) in [6.07, 6.45) is 3.77. The summed E-state index contributed by atoms with van der Waals surface area (Å²) in [5, 5.41) is 5.65. The average molecular weight is 278 g/mol. The molecule has 1 saturated carbocycles. The monoisotopic (exact) mass is 278 g/mol. The minimum atomic E-state index is 0.791. The lowest BCUT2D eigenvalue weighted by Gasteiger charge is -2.19. The summed E-state index contributed by atoms with van der Waals surface area (Å²) in [5.41, 5.74) is 1.25. The van der Waals surface area contributed by atoms with E-state index in [1.807, 2.05) is 11.3 Å². The van der Waals surface area contributed by atoms with Crippen molar-refractivity contribution in [3.8, 4) is 0 Å². The number of nitrogens with zero attached hydrogens (tertiary/aromatic N) is 2. The molecule has 0 aromatic carbocycles. The van der Waals surface area contributed by atoms with Crippen LogP contribution in [0.1, 0.15) is 35.3 Å². The highest BCUT2D eigenvalue weighted by molar-refractivity contribution is 7.10. The van der Waals surface area contributed by atoms with E-state index in [2.05, 4.69) is 39.7 Å². The first-order valence-electron chi connectivity index (χ1n) is 6.55. The molecule has 1 aliphatic rings. The van der Waals surface area contributed by atoms with Crippen molar-refractivity contribution in [1.82, 2.24) is 9.88 Å². The molecule has 2 heterocycles. The summed E-state index contributed by atoms with van der Waals surface area (Å²) in [7, 11) is 0. The van der Waals surface area contributed by atoms with Crippen molar-refractivity contribution in [2.45, 2.75) is 45.3 Å². The lowest BCUT2D eigenvalue weighted by atomic mass is 10.3. The summed E-state index contributed by atoms with van der Waals surface area (Å²) < 4.78 is 0. The van der Waals surface area contributed by atoms with Crippen LogP contribution in [0.15, 0.2) is 22.9 Å². The van der Waals surface area contributed by atoms with Gasteiger partial charge in [0.1, 0.15) is 0 Å². The van der Waals surface area contributed by atoms with Gasteiger partial charge in [0.05, 0.1) is 10.7 Å². The van der Waals surface area contributed by atoms with Gasteiger partial charge in [-0.05, 0) is 30.7 Å². The fraction of sp³-hybridized carbons (Fsp3) is 0.500. The number of rotatable bonds is 6. The SMILES string of the molecule is CCc1nc(CN(Cc2cccs2)C2CC2)cs1. The second-order valence-corrected chi connectivity index (χ2v) is 6.78. The quantitative estimate of drug-likeness (QED) is 0.796. The Hall–Kier alpha value is -0.710. The van der Waals surface area contributed by atoms with Crippen molar-refractivity contribution >= 4 is 22.7 Å². The van der Waals surface area contributed by atoms with Gasteiger partial charge in [0.25, 0.3) is 0 Å². The minimum absolute atomic E-state index is 0.791. The molecule has 2 nitrogen and oxygen atoms in total. The minimum Gasteiger partial charge on any atom is -0.289 e. The van der Waals surface area contributed by atoms with Crippen LogP contribution in [0.4, 0.5) is 0 Å². The molecule has 2 aromatic rings. The van der Waals surface area contributed by atoms with Gasteiger partial charge in [0, 0.05) is 29.4 Å². The van der Waals surface area contributed by atoms with Gasteiger partial charge in [0.2, 0.25) is 0 Å². The standard InChI is InChI=1S/C14H18N2S2/c1-2-14-15-11(10-18-14)8-16(12-5-6-12)9-13-4-3-7-17-13/h3-4,7,10,12H,2,5-6,8-9H2,1H3. The Morgan fingerprint density at radius 1 is 1.33 bits per heavy atom. The molecule has 0 amide bonds.